The third-order valence-electron chi connectivity index (χ3n) is 3.71. The summed E-state index contributed by atoms with van der Waals surface area (Å²) in [6.45, 7) is 0. The first kappa shape index (κ1) is 11.4. The molecule has 100 valence electrons. The third kappa shape index (κ3) is 1.91. The Kier molecular flexibility index (Phi) is 2.45. The molecule has 20 heavy (non-hydrogen) atoms. The van der Waals surface area contributed by atoms with Gasteiger partial charge in [-0.25, -0.2) is 4.98 Å². The molecule has 0 bridgehead atoms. The minimum Gasteiger partial charge on any atom is -0.285 e. The lowest BCUT2D eigenvalue weighted by Crippen LogP contribution is -1.96. The largest absolute Gasteiger partial charge is 0.285 e. The molecule has 0 aliphatic heterocycles. The summed E-state index contributed by atoms with van der Waals surface area (Å²) < 4.78 is 1.91. The molecule has 3 aromatic rings. The second-order valence-electron chi connectivity index (χ2n) is 5.26. The van der Waals surface area contributed by atoms with Crippen molar-refractivity contribution < 1.29 is 0 Å². The number of nitrogens with one attached hydrogen (secondary N) is 1. The molecular formula is C15H15N5. The van der Waals surface area contributed by atoms with Gasteiger partial charge in [0.2, 0.25) is 0 Å². The van der Waals surface area contributed by atoms with Crippen LogP contribution in [0, 0.1) is 0 Å². The molecule has 5 heteroatoms. The molecule has 0 amide bonds. The Labute approximate surface area is 116 Å². The van der Waals surface area contributed by atoms with Gasteiger partial charge in [0.1, 0.15) is 5.82 Å². The highest BCUT2D eigenvalue weighted by atomic mass is 15.3. The van der Waals surface area contributed by atoms with Crippen molar-refractivity contribution >= 4 is 0 Å². The van der Waals surface area contributed by atoms with Gasteiger partial charge in [-0.1, -0.05) is 24.3 Å². The highest BCUT2D eigenvalue weighted by Crippen LogP contribution is 2.39. The molecule has 1 aliphatic rings. The van der Waals surface area contributed by atoms with E-state index in [0.29, 0.717) is 5.92 Å². The molecule has 5 nitrogen and oxygen atoms in total. The number of H-pyrrole nitrogens is 1. The second kappa shape index (κ2) is 4.30. The lowest BCUT2D eigenvalue weighted by Gasteiger charge is -1.98. The average molecular weight is 265 g/mol. The Morgan fingerprint density at radius 1 is 1.10 bits per heavy atom. The van der Waals surface area contributed by atoms with E-state index >= 15 is 0 Å². The van der Waals surface area contributed by atoms with E-state index < -0.39 is 0 Å². The standard InChI is InChI=1S/C15H15N5/c1-20-15(12-6-7-12)18-14(19-20)11-4-2-10(3-5-11)13-8-16-17-9-13/h2-5,8-9,12H,6-7H2,1H3,(H,16,17). The van der Waals surface area contributed by atoms with Crippen LogP contribution in [0.4, 0.5) is 0 Å². The molecule has 1 aliphatic carbocycles. The lowest BCUT2D eigenvalue weighted by molar-refractivity contribution is 0.705. The van der Waals surface area contributed by atoms with Crippen molar-refractivity contribution in [3.8, 4) is 22.5 Å². The van der Waals surface area contributed by atoms with Gasteiger partial charge in [0, 0.05) is 30.3 Å². The lowest BCUT2D eigenvalue weighted by atomic mass is 10.1. The molecule has 0 spiro atoms. The number of benzene rings is 1. The smallest absolute Gasteiger partial charge is 0.181 e. The zero-order valence-electron chi connectivity index (χ0n) is 11.2. The van der Waals surface area contributed by atoms with Crippen LogP contribution in [0.2, 0.25) is 0 Å². The monoisotopic (exact) mass is 265 g/mol. The number of aromatic amines is 1. The fraction of sp³-hybridized carbons (Fsp3) is 0.267. The van der Waals surface area contributed by atoms with Crippen molar-refractivity contribution in [2.45, 2.75) is 18.8 Å². The van der Waals surface area contributed by atoms with Crippen LogP contribution in [-0.2, 0) is 7.05 Å². The van der Waals surface area contributed by atoms with E-state index in [1.165, 1.54) is 12.8 Å². The van der Waals surface area contributed by atoms with Crippen LogP contribution < -0.4 is 0 Å². The van der Waals surface area contributed by atoms with Crippen LogP contribution >= 0.6 is 0 Å². The molecule has 0 atom stereocenters. The van der Waals surface area contributed by atoms with Crippen molar-refractivity contribution in [3.63, 3.8) is 0 Å². The summed E-state index contributed by atoms with van der Waals surface area (Å²) in [5, 5.41) is 11.3. The maximum Gasteiger partial charge on any atom is 0.181 e. The molecule has 2 heterocycles. The van der Waals surface area contributed by atoms with E-state index in [9.17, 15) is 0 Å². The van der Waals surface area contributed by atoms with Crippen LogP contribution in [0.3, 0.4) is 0 Å². The summed E-state index contributed by atoms with van der Waals surface area (Å²) in [6, 6.07) is 8.28. The van der Waals surface area contributed by atoms with Gasteiger partial charge in [0.05, 0.1) is 6.20 Å². The topological polar surface area (TPSA) is 59.4 Å². The molecule has 0 saturated heterocycles. The fourth-order valence-electron chi connectivity index (χ4n) is 2.44. The van der Waals surface area contributed by atoms with E-state index in [1.54, 1.807) is 0 Å². The maximum absolute atomic E-state index is 4.67. The number of aryl methyl sites for hydroxylation is 1. The number of nitrogens with zero attached hydrogens (tertiary/aromatic N) is 4. The molecule has 0 unspecified atom stereocenters. The van der Waals surface area contributed by atoms with Crippen molar-refractivity contribution in [3.05, 3.63) is 42.5 Å². The quantitative estimate of drug-likeness (QED) is 0.792. The summed E-state index contributed by atoms with van der Waals surface area (Å²) in [6.07, 6.45) is 6.19. The molecule has 1 N–H and O–H groups in total. The minimum absolute atomic E-state index is 0.617. The number of hydrogen-bond acceptors (Lipinski definition) is 3. The second-order valence-corrected chi connectivity index (χ2v) is 5.26. The van der Waals surface area contributed by atoms with Gasteiger partial charge < -0.3 is 0 Å². The van der Waals surface area contributed by atoms with Crippen LogP contribution in [0.15, 0.2) is 36.7 Å². The first-order valence-corrected chi connectivity index (χ1v) is 6.82. The third-order valence-corrected chi connectivity index (χ3v) is 3.71. The molecule has 0 radical (unpaired) electrons. The highest BCUT2D eigenvalue weighted by molar-refractivity contribution is 5.66. The summed E-state index contributed by atoms with van der Waals surface area (Å²) in [5.41, 5.74) is 3.28. The Morgan fingerprint density at radius 3 is 2.50 bits per heavy atom. The average Bonchev–Trinajstić information content (AvgIpc) is 3.02. The van der Waals surface area contributed by atoms with Gasteiger partial charge in [-0.15, -0.1) is 0 Å². The van der Waals surface area contributed by atoms with Gasteiger partial charge in [-0.3, -0.25) is 9.78 Å². The van der Waals surface area contributed by atoms with Gasteiger partial charge in [0.25, 0.3) is 0 Å². The Bertz CT molecular complexity index is 720. The molecule has 2 aromatic heterocycles. The predicted octanol–water partition coefficient (Wildman–Crippen LogP) is 2.75. The van der Waals surface area contributed by atoms with Gasteiger partial charge >= 0.3 is 0 Å². The van der Waals surface area contributed by atoms with E-state index in [-0.39, 0.29) is 0 Å². The van der Waals surface area contributed by atoms with E-state index in [1.807, 2.05) is 24.1 Å². The van der Waals surface area contributed by atoms with E-state index in [4.69, 9.17) is 0 Å². The van der Waals surface area contributed by atoms with Gasteiger partial charge in [-0.2, -0.15) is 10.2 Å². The number of hydrogen-bond donors (Lipinski definition) is 1. The van der Waals surface area contributed by atoms with Crippen LogP contribution in [0.5, 0.6) is 0 Å². The Morgan fingerprint density at radius 2 is 1.85 bits per heavy atom. The maximum atomic E-state index is 4.67. The van der Waals surface area contributed by atoms with Crippen LogP contribution in [0.25, 0.3) is 22.5 Å². The van der Waals surface area contributed by atoms with Crippen LogP contribution in [-0.4, -0.2) is 25.0 Å². The summed E-state index contributed by atoms with van der Waals surface area (Å²) >= 11 is 0. The minimum atomic E-state index is 0.617. The van der Waals surface area contributed by atoms with Gasteiger partial charge in [0.15, 0.2) is 5.82 Å². The highest BCUT2D eigenvalue weighted by Gasteiger charge is 2.29. The molecule has 4 rings (SSSR count). The Balaban J connectivity index is 1.67. The summed E-state index contributed by atoms with van der Waals surface area (Å²) in [5.74, 6) is 2.54. The molecular weight excluding hydrogens is 250 g/mol. The van der Waals surface area contributed by atoms with Crippen molar-refractivity contribution in [1.29, 1.82) is 0 Å². The van der Waals surface area contributed by atoms with E-state index in [2.05, 4.69) is 44.5 Å². The van der Waals surface area contributed by atoms with Crippen molar-refractivity contribution in [2.75, 3.05) is 0 Å². The van der Waals surface area contributed by atoms with E-state index in [0.717, 1.165) is 28.3 Å². The van der Waals surface area contributed by atoms with Crippen molar-refractivity contribution in [1.82, 2.24) is 25.0 Å². The number of aromatic nitrogens is 5. The van der Waals surface area contributed by atoms with Crippen molar-refractivity contribution in [2.24, 2.45) is 7.05 Å². The molecule has 1 fully saturated rings. The SMILES string of the molecule is Cn1nc(-c2ccc(-c3cn[nH]c3)cc2)nc1C1CC1. The molecule has 1 aromatic carbocycles. The normalized spacial score (nSPS) is 14.7. The first-order chi connectivity index (χ1) is 9.81. The zero-order chi connectivity index (χ0) is 13.5. The zero-order valence-corrected chi connectivity index (χ0v) is 11.2. The first-order valence-electron chi connectivity index (χ1n) is 6.82. The van der Waals surface area contributed by atoms with Crippen LogP contribution in [0.1, 0.15) is 24.6 Å². The summed E-state index contributed by atoms with van der Waals surface area (Å²) in [7, 11) is 1.98. The van der Waals surface area contributed by atoms with Gasteiger partial charge in [-0.05, 0) is 18.4 Å². The predicted molar refractivity (Wildman–Crippen MR) is 76.0 cm³/mol. The number of rotatable bonds is 3. The fourth-order valence-corrected chi connectivity index (χ4v) is 2.44. The Hall–Kier alpha value is -2.43. The summed E-state index contributed by atoms with van der Waals surface area (Å²) in [4.78, 5) is 4.67. The molecule has 1 saturated carbocycles.